The number of rotatable bonds is 13. The fraction of sp³-hybridized carbons (Fsp3) is 0.640. The monoisotopic (exact) mass is 496 g/mol. The number of benzene rings is 1. The molecule has 35 heavy (non-hydrogen) atoms. The lowest BCUT2D eigenvalue weighted by atomic mass is 9.97. The Morgan fingerprint density at radius 1 is 0.857 bits per heavy atom. The van der Waals surface area contributed by atoms with Gasteiger partial charge >= 0.3 is 12.1 Å². The number of amides is 2. The van der Waals surface area contributed by atoms with Crippen molar-refractivity contribution in [2.24, 2.45) is 5.41 Å². The van der Waals surface area contributed by atoms with Gasteiger partial charge in [0.15, 0.2) is 0 Å². The van der Waals surface area contributed by atoms with E-state index in [1.54, 1.807) is 59.7 Å². The Bertz CT molecular complexity index is 828. The first-order valence-corrected chi connectivity index (χ1v) is 11.6. The number of carbonyl (C=O) groups excluding carboxylic acids is 3. The Balaban J connectivity index is 2.15. The van der Waals surface area contributed by atoms with Crippen molar-refractivity contribution >= 4 is 23.7 Å². The maximum atomic E-state index is 12.2. The second kappa shape index (κ2) is 14.7. The number of esters is 1. The number of alkyl carbamates (subject to hydrolysis) is 1. The van der Waals surface area contributed by atoms with E-state index in [4.69, 9.17) is 23.7 Å². The van der Waals surface area contributed by atoms with Crippen LogP contribution >= 0.6 is 0 Å². The summed E-state index contributed by atoms with van der Waals surface area (Å²) in [6.07, 6.45) is -0.481. The van der Waals surface area contributed by atoms with Crippen LogP contribution in [0.5, 0.6) is 5.75 Å². The van der Waals surface area contributed by atoms with Crippen LogP contribution in [0.1, 0.15) is 47.1 Å². The lowest BCUT2D eigenvalue weighted by Gasteiger charge is -2.19. The molecule has 1 aromatic rings. The van der Waals surface area contributed by atoms with Crippen molar-refractivity contribution in [2.75, 3.05) is 51.5 Å². The van der Waals surface area contributed by atoms with E-state index in [2.05, 4.69) is 10.6 Å². The molecule has 0 heterocycles. The molecular formula is C25H40N2O8. The number of nitrogens with one attached hydrogen (secondary N) is 2. The highest BCUT2D eigenvalue weighted by Gasteiger charge is 2.24. The van der Waals surface area contributed by atoms with Gasteiger partial charge in [-0.05, 0) is 60.1 Å². The van der Waals surface area contributed by atoms with Gasteiger partial charge in [0, 0.05) is 18.3 Å². The average molecular weight is 497 g/mol. The van der Waals surface area contributed by atoms with Crippen molar-refractivity contribution in [3.05, 3.63) is 23.8 Å². The Kier molecular flexibility index (Phi) is 12.7. The molecule has 0 aromatic heterocycles. The third kappa shape index (κ3) is 14.3. The summed E-state index contributed by atoms with van der Waals surface area (Å²) in [6, 6.07) is 5.07. The van der Waals surface area contributed by atoms with Gasteiger partial charge < -0.3 is 34.3 Å². The molecule has 0 aliphatic carbocycles. The van der Waals surface area contributed by atoms with Gasteiger partial charge in [-0.3, -0.25) is 9.59 Å². The van der Waals surface area contributed by atoms with Crippen LogP contribution in [0.25, 0.3) is 0 Å². The molecule has 1 aromatic carbocycles. The molecule has 0 radical (unpaired) electrons. The molecule has 1 rings (SSSR count). The molecule has 0 saturated heterocycles. The predicted molar refractivity (Wildman–Crippen MR) is 132 cm³/mol. The second-order valence-corrected chi connectivity index (χ2v) is 9.87. The third-order valence-electron chi connectivity index (χ3n) is 4.20. The minimum atomic E-state index is -0.630. The molecule has 0 fully saturated rings. The smallest absolute Gasteiger partial charge is 0.407 e. The normalized spacial score (nSPS) is 11.6. The highest BCUT2D eigenvalue weighted by atomic mass is 16.6. The minimum absolute atomic E-state index is 0.137. The quantitative estimate of drug-likeness (QED) is 0.242. The van der Waals surface area contributed by atoms with Gasteiger partial charge in [-0.25, -0.2) is 4.79 Å². The van der Waals surface area contributed by atoms with Crippen LogP contribution in [0.15, 0.2) is 18.2 Å². The van der Waals surface area contributed by atoms with E-state index in [0.29, 0.717) is 44.4 Å². The molecule has 198 valence electrons. The lowest BCUT2D eigenvalue weighted by Crippen LogP contribution is -2.34. The van der Waals surface area contributed by atoms with E-state index in [1.807, 2.05) is 6.92 Å². The Labute approximate surface area is 208 Å². The van der Waals surface area contributed by atoms with Gasteiger partial charge in [-0.1, -0.05) is 6.07 Å². The second-order valence-electron chi connectivity index (χ2n) is 9.87. The van der Waals surface area contributed by atoms with Crippen molar-refractivity contribution in [1.29, 1.82) is 0 Å². The first-order valence-electron chi connectivity index (χ1n) is 11.6. The number of ether oxygens (including phenoxy) is 5. The van der Waals surface area contributed by atoms with Crippen molar-refractivity contribution in [2.45, 2.75) is 54.1 Å². The van der Waals surface area contributed by atoms with E-state index in [-0.39, 0.29) is 25.1 Å². The molecule has 0 spiro atoms. The molecule has 0 aliphatic heterocycles. The summed E-state index contributed by atoms with van der Waals surface area (Å²) >= 11 is 0. The fourth-order valence-electron chi connectivity index (χ4n) is 2.39. The summed E-state index contributed by atoms with van der Waals surface area (Å²) in [5.74, 6) is -0.318. The van der Waals surface area contributed by atoms with Crippen LogP contribution in [-0.4, -0.2) is 69.8 Å². The van der Waals surface area contributed by atoms with Crippen LogP contribution in [0.3, 0.4) is 0 Å². The summed E-state index contributed by atoms with van der Waals surface area (Å²) in [5, 5.41) is 5.36. The summed E-state index contributed by atoms with van der Waals surface area (Å²) in [6.45, 7) is 14.4. The highest BCUT2D eigenvalue weighted by molar-refractivity contribution is 5.92. The average Bonchev–Trinajstić information content (AvgIpc) is 2.72. The standard InChI is InChI=1S/C25H40N2O8/c1-18-8-9-19(34-22(29)24(2,3)4)16-20(18)27-21(28)17-33-15-14-32-13-12-31-11-10-26-23(30)35-25(5,6)7/h8-9,16H,10-15,17H2,1-7H3,(H,26,30)(H,27,28). The molecule has 10 nitrogen and oxygen atoms in total. The lowest BCUT2D eigenvalue weighted by molar-refractivity contribution is -0.143. The fourth-order valence-corrected chi connectivity index (χ4v) is 2.39. The molecule has 0 aliphatic rings. The Hall–Kier alpha value is -2.69. The predicted octanol–water partition coefficient (Wildman–Crippen LogP) is 3.46. The van der Waals surface area contributed by atoms with Crippen LogP contribution in [0.4, 0.5) is 10.5 Å². The summed E-state index contributed by atoms with van der Waals surface area (Å²) in [7, 11) is 0. The topological polar surface area (TPSA) is 121 Å². The van der Waals surface area contributed by atoms with Gasteiger partial charge in [-0.15, -0.1) is 0 Å². The van der Waals surface area contributed by atoms with Crippen molar-refractivity contribution in [3.8, 4) is 5.75 Å². The third-order valence-corrected chi connectivity index (χ3v) is 4.20. The molecule has 10 heteroatoms. The Morgan fingerprint density at radius 3 is 2.06 bits per heavy atom. The zero-order valence-electron chi connectivity index (χ0n) is 21.9. The maximum absolute atomic E-state index is 12.2. The zero-order chi connectivity index (χ0) is 26.5. The molecule has 0 saturated carbocycles. The number of aryl methyl sites for hydroxylation is 1. The molecule has 0 bridgehead atoms. The van der Waals surface area contributed by atoms with E-state index < -0.39 is 17.1 Å². The molecule has 0 atom stereocenters. The maximum Gasteiger partial charge on any atom is 0.407 e. The van der Waals surface area contributed by atoms with Crippen molar-refractivity contribution in [1.82, 2.24) is 5.32 Å². The first kappa shape index (κ1) is 30.3. The van der Waals surface area contributed by atoms with Crippen LogP contribution in [-0.2, 0) is 28.5 Å². The molecule has 0 unspecified atom stereocenters. The summed E-state index contributed by atoms with van der Waals surface area (Å²) < 4.78 is 26.6. The minimum Gasteiger partial charge on any atom is -0.444 e. The number of carbonyl (C=O) groups is 3. The first-order chi connectivity index (χ1) is 16.3. The SMILES string of the molecule is Cc1ccc(OC(=O)C(C)(C)C)cc1NC(=O)COCCOCCOCCNC(=O)OC(C)(C)C. The molecular weight excluding hydrogens is 456 g/mol. The van der Waals surface area contributed by atoms with Gasteiger partial charge in [0.25, 0.3) is 0 Å². The zero-order valence-corrected chi connectivity index (χ0v) is 21.9. The number of hydrogen-bond donors (Lipinski definition) is 2. The van der Waals surface area contributed by atoms with E-state index in [9.17, 15) is 14.4 Å². The summed E-state index contributed by atoms with van der Waals surface area (Å²) in [5.41, 5.74) is 0.217. The Morgan fingerprint density at radius 2 is 1.46 bits per heavy atom. The van der Waals surface area contributed by atoms with Gasteiger partial charge in [0.1, 0.15) is 18.0 Å². The molecule has 2 N–H and O–H groups in total. The van der Waals surface area contributed by atoms with Gasteiger partial charge in [0.2, 0.25) is 5.91 Å². The van der Waals surface area contributed by atoms with Crippen LogP contribution < -0.4 is 15.4 Å². The van der Waals surface area contributed by atoms with Crippen LogP contribution in [0, 0.1) is 12.3 Å². The van der Waals surface area contributed by atoms with Gasteiger partial charge in [-0.2, -0.15) is 0 Å². The van der Waals surface area contributed by atoms with E-state index in [1.165, 1.54) is 0 Å². The number of anilines is 1. The largest absolute Gasteiger partial charge is 0.444 e. The molecule has 2 amide bonds. The van der Waals surface area contributed by atoms with Crippen molar-refractivity contribution < 1.29 is 38.1 Å². The number of hydrogen-bond acceptors (Lipinski definition) is 8. The van der Waals surface area contributed by atoms with Crippen molar-refractivity contribution in [3.63, 3.8) is 0 Å². The van der Waals surface area contributed by atoms with E-state index >= 15 is 0 Å². The van der Waals surface area contributed by atoms with E-state index in [0.717, 1.165) is 5.56 Å². The van der Waals surface area contributed by atoms with Crippen LogP contribution in [0.2, 0.25) is 0 Å². The van der Waals surface area contributed by atoms with Gasteiger partial charge in [0.05, 0.1) is 38.4 Å². The highest BCUT2D eigenvalue weighted by Crippen LogP contribution is 2.25. The summed E-state index contributed by atoms with van der Waals surface area (Å²) in [4.78, 5) is 35.7.